The Morgan fingerprint density at radius 3 is 2.70 bits per heavy atom. The van der Waals surface area contributed by atoms with Crippen molar-refractivity contribution in [1.29, 1.82) is 0 Å². The minimum absolute atomic E-state index is 0.0201. The standard InChI is InChI=1S/C14H21N3O2S/c1-14(2,9-18)17(3)8-12(19)16-11-6-4-5-10(7-11)13(15)20/h4-7,18H,8-9H2,1-3H3,(H2,15,20)(H,16,19). The van der Waals surface area contributed by atoms with Gasteiger partial charge in [0.15, 0.2) is 0 Å². The number of likely N-dealkylation sites (N-methyl/N-ethyl adjacent to an activating group) is 1. The quantitative estimate of drug-likeness (QED) is 0.681. The molecule has 0 radical (unpaired) electrons. The van der Waals surface area contributed by atoms with Crippen LogP contribution in [0.15, 0.2) is 24.3 Å². The summed E-state index contributed by atoms with van der Waals surface area (Å²) in [4.78, 5) is 14.1. The molecule has 1 rings (SSSR count). The summed E-state index contributed by atoms with van der Waals surface area (Å²) >= 11 is 4.90. The molecule has 1 aromatic rings. The smallest absolute Gasteiger partial charge is 0.238 e. The molecule has 0 atom stereocenters. The molecule has 110 valence electrons. The zero-order chi connectivity index (χ0) is 15.3. The van der Waals surface area contributed by atoms with Gasteiger partial charge in [0.05, 0.1) is 13.2 Å². The minimum Gasteiger partial charge on any atom is -0.394 e. The van der Waals surface area contributed by atoms with Gasteiger partial charge in [-0.25, -0.2) is 0 Å². The highest BCUT2D eigenvalue weighted by Crippen LogP contribution is 2.13. The van der Waals surface area contributed by atoms with Gasteiger partial charge in [-0.2, -0.15) is 0 Å². The van der Waals surface area contributed by atoms with Crippen LogP contribution in [0.2, 0.25) is 0 Å². The van der Waals surface area contributed by atoms with Gasteiger partial charge in [0.1, 0.15) is 4.99 Å². The number of aliphatic hydroxyl groups excluding tert-OH is 1. The highest BCUT2D eigenvalue weighted by Gasteiger charge is 2.24. The Morgan fingerprint density at radius 1 is 1.50 bits per heavy atom. The third-order valence-electron chi connectivity index (χ3n) is 3.23. The van der Waals surface area contributed by atoms with Crippen molar-refractivity contribution in [2.24, 2.45) is 5.73 Å². The Labute approximate surface area is 124 Å². The summed E-state index contributed by atoms with van der Waals surface area (Å²) in [6.07, 6.45) is 0. The normalized spacial score (nSPS) is 11.4. The third-order valence-corrected chi connectivity index (χ3v) is 3.47. The van der Waals surface area contributed by atoms with E-state index < -0.39 is 5.54 Å². The molecule has 0 saturated heterocycles. The molecular weight excluding hydrogens is 274 g/mol. The number of hydrogen-bond donors (Lipinski definition) is 3. The lowest BCUT2D eigenvalue weighted by molar-refractivity contribution is -0.118. The fourth-order valence-electron chi connectivity index (χ4n) is 1.50. The zero-order valence-corrected chi connectivity index (χ0v) is 12.8. The van der Waals surface area contributed by atoms with Gasteiger partial charge in [-0.15, -0.1) is 0 Å². The van der Waals surface area contributed by atoms with Gasteiger partial charge in [0, 0.05) is 16.8 Å². The Balaban J connectivity index is 2.67. The summed E-state index contributed by atoms with van der Waals surface area (Å²) in [5, 5.41) is 12.0. The van der Waals surface area contributed by atoms with E-state index in [0.717, 1.165) is 0 Å². The molecule has 0 unspecified atom stereocenters. The van der Waals surface area contributed by atoms with Crippen molar-refractivity contribution < 1.29 is 9.90 Å². The maximum Gasteiger partial charge on any atom is 0.238 e. The SMILES string of the molecule is CN(CC(=O)Nc1cccc(C(N)=S)c1)C(C)(C)CO. The van der Waals surface area contributed by atoms with E-state index in [9.17, 15) is 9.90 Å². The van der Waals surface area contributed by atoms with Crippen molar-refractivity contribution in [2.75, 3.05) is 25.5 Å². The lowest BCUT2D eigenvalue weighted by Crippen LogP contribution is -2.47. The molecule has 0 aliphatic heterocycles. The van der Waals surface area contributed by atoms with Crippen molar-refractivity contribution >= 4 is 28.8 Å². The number of amides is 1. The number of benzene rings is 1. The second-order valence-electron chi connectivity index (χ2n) is 5.32. The summed E-state index contributed by atoms with van der Waals surface area (Å²) < 4.78 is 0. The fourth-order valence-corrected chi connectivity index (χ4v) is 1.63. The zero-order valence-electron chi connectivity index (χ0n) is 12.0. The third kappa shape index (κ3) is 4.56. The minimum atomic E-state index is -0.446. The van der Waals surface area contributed by atoms with Crippen LogP contribution in [0.3, 0.4) is 0 Å². The van der Waals surface area contributed by atoms with Crippen LogP contribution in [0.4, 0.5) is 5.69 Å². The van der Waals surface area contributed by atoms with Crippen LogP contribution < -0.4 is 11.1 Å². The van der Waals surface area contributed by atoms with Crippen molar-refractivity contribution in [3.8, 4) is 0 Å². The van der Waals surface area contributed by atoms with Gasteiger partial charge < -0.3 is 16.2 Å². The lowest BCUT2D eigenvalue weighted by Gasteiger charge is -2.33. The van der Waals surface area contributed by atoms with Crippen molar-refractivity contribution in [1.82, 2.24) is 4.90 Å². The van der Waals surface area contributed by atoms with Crippen LogP contribution in [0, 0.1) is 0 Å². The second kappa shape index (κ2) is 6.78. The van der Waals surface area contributed by atoms with Gasteiger partial charge >= 0.3 is 0 Å². The average molecular weight is 295 g/mol. The van der Waals surface area contributed by atoms with Crippen LogP contribution in [0.25, 0.3) is 0 Å². The summed E-state index contributed by atoms with van der Waals surface area (Å²) in [7, 11) is 1.79. The van der Waals surface area contributed by atoms with E-state index in [1.165, 1.54) is 0 Å². The number of thiocarbonyl (C=S) groups is 1. The molecule has 0 heterocycles. The van der Waals surface area contributed by atoms with Crippen LogP contribution >= 0.6 is 12.2 Å². The van der Waals surface area contributed by atoms with Gasteiger partial charge in [-0.3, -0.25) is 9.69 Å². The number of nitrogens with two attached hydrogens (primary N) is 1. The first-order valence-electron chi connectivity index (χ1n) is 6.28. The van der Waals surface area contributed by atoms with Crippen molar-refractivity contribution in [3.05, 3.63) is 29.8 Å². The van der Waals surface area contributed by atoms with Crippen LogP contribution in [-0.2, 0) is 4.79 Å². The fraction of sp³-hybridized carbons (Fsp3) is 0.429. The van der Waals surface area contributed by atoms with Crippen LogP contribution in [0.5, 0.6) is 0 Å². The summed E-state index contributed by atoms with van der Waals surface area (Å²) in [5.41, 5.74) is 6.46. The molecule has 0 saturated carbocycles. The van der Waals surface area contributed by atoms with E-state index in [1.807, 2.05) is 13.8 Å². The number of nitrogens with one attached hydrogen (secondary N) is 1. The molecule has 0 spiro atoms. The van der Waals surface area contributed by atoms with E-state index in [1.54, 1.807) is 36.2 Å². The number of carbonyl (C=O) groups is 1. The van der Waals surface area contributed by atoms with Crippen molar-refractivity contribution in [2.45, 2.75) is 19.4 Å². The van der Waals surface area contributed by atoms with E-state index in [2.05, 4.69) is 5.32 Å². The lowest BCUT2D eigenvalue weighted by atomic mass is 10.1. The predicted octanol–water partition coefficient (Wildman–Crippen LogP) is 0.962. The molecule has 1 amide bonds. The van der Waals surface area contributed by atoms with Gasteiger partial charge in [-0.05, 0) is 33.0 Å². The van der Waals surface area contributed by atoms with Crippen LogP contribution in [-0.4, -0.2) is 46.6 Å². The van der Waals surface area contributed by atoms with E-state index >= 15 is 0 Å². The first-order chi connectivity index (χ1) is 9.26. The number of carbonyl (C=O) groups excluding carboxylic acids is 1. The molecule has 20 heavy (non-hydrogen) atoms. The topological polar surface area (TPSA) is 78.6 Å². The molecule has 0 aliphatic rings. The molecule has 0 fully saturated rings. The first-order valence-corrected chi connectivity index (χ1v) is 6.69. The highest BCUT2D eigenvalue weighted by atomic mass is 32.1. The molecule has 6 heteroatoms. The Morgan fingerprint density at radius 2 is 2.15 bits per heavy atom. The monoisotopic (exact) mass is 295 g/mol. The molecule has 0 bridgehead atoms. The van der Waals surface area contributed by atoms with Gasteiger partial charge in [0.2, 0.25) is 5.91 Å². The second-order valence-corrected chi connectivity index (χ2v) is 5.76. The summed E-state index contributed by atoms with van der Waals surface area (Å²) in [5.74, 6) is -0.158. The average Bonchev–Trinajstić information content (AvgIpc) is 2.38. The Hall–Kier alpha value is -1.50. The highest BCUT2D eigenvalue weighted by molar-refractivity contribution is 7.80. The molecule has 4 N–H and O–H groups in total. The van der Waals surface area contributed by atoms with E-state index in [-0.39, 0.29) is 19.1 Å². The summed E-state index contributed by atoms with van der Waals surface area (Å²) in [6, 6.07) is 7.08. The number of nitrogens with zero attached hydrogens (tertiary/aromatic N) is 1. The molecule has 0 aromatic heterocycles. The Bertz CT molecular complexity index is 503. The van der Waals surface area contributed by atoms with Gasteiger partial charge in [-0.1, -0.05) is 24.4 Å². The maximum absolute atomic E-state index is 12.0. The molecule has 1 aromatic carbocycles. The van der Waals surface area contributed by atoms with Gasteiger partial charge in [0.25, 0.3) is 0 Å². The first kappa shape index (κ1) is 16.6. The molecular formula is C14H21N3O2S. The van der Waals surface area contributed by atoms with Crippen LogP contribution in [0.1, 0.15) is 19.4 Å². The largest absolute Gasteiger partial charge is 0.394 e. The maximum atomic E-state index is 12.0. The number of rotatable bonds is 6. The predicted molar refractivity (Wildman–Crippen MR) is 84.8 cm³/mol. The van der Waals surface area contributed by atoms with Crippen molar-refractivity contribution in [3.63, 3.8) is 0 Å². The number of hydrogen-bond acceptors (Lipinski definition) is 4. The van der Waals surface area contributed by atoms with E-state index in [4.69, 9.17) is 18.0 Å². The van der Waals surface area contributed by atoms with E-state index in [0.29, 0.717) is 16.2 Å². The molecule has 0 aliphatic carbocycles. The molecule has 5 nitrogen and oxygen atoms in total. The number of aliphatic hydroxyl groups is 1. The Kier molecular flexibility index (Phi) is 5.62. The number of anilines is 1. The summed E-state index contributed by atoms with van der Waals surface area (Å²) in [6.45, 7) is 3.90.